The molecule has 0 saturated heterocycles. The van der Waals surface area contributed by atoms with Crippen LogP contribution in [0.3, 0.4) is 0 Å². The number of oxime groups is 1. The lowest BCUT2D eigenvalue weighted by atomic mass is 9.82. The Labute approximate surface area is 144 Å². The minimum absolute atomic E-state index is 0.0137. The molecule has 0 spiro atoms. The summed E-state index contributed by atoms with van der Waals surface area (Å²) in [6, 6.07) is 0. The van der Waals surface area contributed by atoms with Crippen molar-refractivity contribution in [3.05, 3.63) is 11.3 Å². The Morgan fingerprint density at radius 3 is 2.65 bits per heavy atom. The molecule has 0 amide bonds. The molecule has 0 aromatic carbocycles. The van der Waals surface area contributed by atoms with Crippen LogP contribution in [0.25, 0.3) is 0 Å². The molecule has 1 rings (SSSR count). The molecule has 2 atom stereocenters. The highest BCUT2D eigenvalue weighted by Crippen LogP contribution is 2.32. The fraction of sp³-hybridized carbons (Fsp3) is 0.778. The van der Waals surface area contributed by atoms with Crippen LogP contribution in [0.15, 0.2) is 16.5 Å². The van der Waals surface area contributed by atoms with Gasteiger partial charge in [0.05, 0.1) is 11.3 Å². The zero-order chi connectivity index (χ0) is 17.2. The Balaban J connectivity index is 2.84. The largest absolute Gasteiger partial charge is 0.511 e. The van der Waals surface area contributed by atoms with Gasteiger partial charge in [-0.2, -0.15) is 11.8 Å². The van der Waals surface area contributed by atoms with Gasteiger partial charge in [0, 0.05) is 18.1 Å². The summed E-state index contributed by atoms with van der Waals surface area (Å²) in [5.41, 5.74) is 1.02. The summed E-state index contributed by atoms with van der Waals surface area (Å²) in [6.07, 6.45) is 4.44. The number of hydrogen-bond acceptors (Lipinski definition) is 5. The van der Waals surface area contributed by atoms with Crippen LogP contribution in [0.4, 0.5) is 0 Å². The zero-order valence-electron chi connectivity index (χ0n) is 14.9. The third kappa shape index (κ3) is 6.58. The monoisotopic (exact) mass is 341 g/mol. The summed E-state index contributed by atoms with van der Waals surface area (Å²) in [5, 5.41) is 15.1. The summed E-state index contributed by atoms with van der Waals surface area (Å²) in [7, 11) is 0. The van der Waals surface area contributed by atoms with Crippen LogP contribution in [0.2, 0.25) is 0 Å². The van der Waals surface area contributed by atoms with Gasteiger partial charge in [-0.05, 0) is 30.9 Å². The van der Waals surface area contributed by atoms with Gasteiger partial charge in [-0.15, -0.1) is 0 Å². The lowest BCUT2D eigenvalue weighted by Crippen LogP contribution is -2.26. The van der Waals surface area contributed by atoms with Crippen molar-refractivity contribution < 1.29 is 14.7 Å². The number of nitrogens with zero attached hydrogens (tertiary/aromatic N) is 1. The topological polar surface area (TPSA) is 58.9 Å². The van der Waals surface area contributed by atoms with E-state index in [0.717, 1.165) is 25.0 Å². The van der Waals surface area contributed by atoms with Crippen LogP contribution in [-0.4, -0.2) is 34.2 Å². The SMILES string of the molecule is CCCO/N=C(\CCC)C1=C(O)CC(CC(C)SCC)CC1=O. The number of rotatable bonds is 10. The van der Waals surface area contributed by atoms with Crippen molar-refractivity contribution in [1.29, 1.82) is 0 Å². The highest BCUT2D eigenvalue weighted by atomic mass is 32.2. The molecule has 4 nitrogen and oxygen atoms in total. The van der Waals surface area contributed by atoms with E-state index in [4.69, 9.17) is 4.84 Å². The van der Waals surface area contributed by atoms with E-state index >= 15 is 0 Å². The van der Waals surface area contributed by atoms with E-state index in [1.165, 1.54) is 0 Å². The van der Waals surface area contributed by atoms with Crippen molar-refractivity contribution in [3.8, 4) is 0 Å². The van der Waals surface area contributed by atoms with Gasteiger partial charge < -0.3 is 9.94 Å². The molecule has 0 radical (unpaired) electrons. The number of aliphatic hydroxyl groups is 1. The lowest BCUT2D eigenvalue weighted by Gasteiger charge is -2.25. The number of hydrogen-bond donors (Lipinski definition) is 1. The van der Waals surface area contributed by atoms with E-state index < -0.39 is 0 Å². The quantitative estimate of drug-likeness (QED) is 0.349. The second kappa shape index (κ2) is 10.7. The Hall–Kier alpha value is -0.970. The molecule has 0 aromatic heterocycles. The molecule has 0 fully saturated rings. The maximum atomic E-state index is 12.5. The summed E-state index contributed by atoms with van der Waals surface area (Å²) in [5.74, 6) is 1.53. The number of allylic oxidation sites excluding steroid dienone is 2. The first-order valence-corrected chi connectivity index (χ1v) is 9.84. The molecule has 1 N–H and O–H groups in total. The molecule has 132 valence electrons. The van der Waals surface area contributed by atoms with Gasteiger partial charge in [-0.25, -0.2) is 0 Å². The van der Waals surface area contributed by atoms with E-state index in [-0.39, 0.29) is 17.5 Å². The van der Waals surface area contributed by atoms with Crippen molar-refractivity contribution in [3.63, 3.8) is 0 Å². The van der Waals surface area contributed by atoms with Crippen molar-refractivity contribution in [1.82, 2.24) is 0 Å². The molecule has 2 unspecified atom stereocenters. The van der Waals surface area contributed by atoms with Crippen LogP contribution in [-0.2, 0) is 9.63 Å². The van der Waals surface area contributed by atoms with Gasteiger partial charge in [0.15, 0.2) is 5.78 Å². The van der Waals surface area contributed by atoms with Gasteiger partial charge in [0.1, 0.15) is 12.4 Å². The average Bonchev–Trinajstić information content (AvgIpc) is 2.47. The Bertz CT molecular complexity index is 446. The minimum Gasteiger partial charge on any atom is -0.511 e. The zero-order valence-corrected chi connectivity index (χ0v) is 15.7. The van der Waals surface area contributed by atoms with Gasteiger partial charge in [-0.3, -0.25) is 4.79 Å². The number of aliphatic hydroxyl groups excluding tert-OH is 1. The van der Waals surface area contributed by atoms with Crippen molar-refractivity contribution in [2.75, 3.05) is 12.4 Å². The number of carbonyl (C=O) groups is 1. The highest BCUT2D eigenvalue weighted by molar-refractivity contribution is 7.99. The Morgan fingerprint density at radius 2 is 2.09 bits per heavy atom. The molecule has 1 aliphatic carbocycles. The summed E-state index contributed by atoms with van der Waals surface area (Å²) < 4.78 is 0. The number of Topliss-reactive ketones (excluding diaryl/α,β-unsaturated/α-hetero) is 1. The molecule has 0 bridgehead atoms. The van der Waals surface area contributed by atoms with Crippen LogP contribution in [0.1, 0.15) is 66.2 Å². The van der Waals surface area contributed by atoms with E-state index in [2.05, 4.69) is 19.0 Å². The maximum absolute atomic E-state index is 12.5. The van der Waals surface area contributed by atoms with E-state index in [0.29, 0.717) is 42.4 Å². The van der Waals surface area contributed by atoms with Crippen molar-refractivity contribution in [2.24, 2.45) is 11.1 Å². The molecule has 0 aliphatic heterocycles. The van der Waals surface area contributed by atoms with Crippen LogP contribution in [0.5, 0.6) is 0 Å². The van der Waals surface area contributed by atoms with Crippen molar-refractivity contribution in [2.45, 2.75) is 71.5 Å². The second-order valence-corrected chi connectivity index (χ2v) is 7.86. The minimum atomic E-state index is 0.0137. The van der Waals surface area contributed by atoms with E-state index in [1.54, 1.807) is 0 Å². The summed E-state index contributed by atoms with van der Waals surface area (Å²) >= 11 is 1.90. The van der Waals surface area contributed by atoms with Gasteiger partial charge >= 0.3 is 0 Å². The molecular formula is C18H31NO3S. The molecule has 0 saturated carbocycles. The normalized spacial score (nSPS) is 20.8. The average molecular weight is 342 g/mol. The predicted molar refractivity (Wildman–Crippen MR) is 98.2 cm³/mol. The fourth-order valence-corrected chi connectivity index (χ4v) is 3.93. The third-order valence-corrected chi connectivity index (χ3v) is 4.98. The third-order valence-electron chi connectivity index (χ3n) is 3.89. The van der Waals surface area contributed by atoms with Gasteiger partial charge in [0.25, 0.3) is 0 Å². The van der Waals surface area contributed by atoms with Gasteiger partial charge in [0.2, 0.25) is 0 Å². The first-order valence-electron chi connectivity index (χ1n) is 8.79. The second-order valence-electron chi connectivity index (χ2n) is 6.14. The molecule has 0 heterocycles. The molecular weight excluding hydrogens is 310 g/mol. The Morgan fingerprint density at radius 1 is 1.35 bits per heavy atom. The molecule has 23 heavy (non-hydrogen) atoms. The van der Waals surface area contributed by atoms with Gasteiger partial charge in [-0.1, -0.05) is 39.3 Å². The summed E-state index contributed by atoms with van der Waals surface area (Å²) in [6.45, 7) is 8.91. The molecule has 0 aromatic rings. The molecule has 5 heteroatoms. The smallest absolute Gasteiger partial charge is 0.168 e. The number of carbonyl (C=O) groups excluding carboxylic acids is 1. The highest BCUT2D eigenvalue weighted by Gasteiger charge is 2.31. The fourth-order valence-electron chi connectivity index (χ4n) is 2.96. The lowest BCUT2D eigenvalue weighted by molar-refractivity contribution is -0.116. The summed E-state index contributed by atoms with van der Waals surface area (Å²) in [4.78, 5) is 17.8. The van der Waals surface area contributed by atoms with E-state index in [1.807, 2.05) is 25.6 Å². The maximum Gasteiger partial charge on any atom is 0.168 e. The van der Waals surface area contributed by atoms with Crippen LogP contribution in [0, 0.1) is 5.92 Å². The van der Waals surface area contributed by atoms with Crippen LogP contribution < -0.4 is 0 Å². The van der Waals surface area contributed by atoms with E-state index in [9.17, 15) is 9.90 Å². The first kappa shape index (κ1) is 20.1. The Kier molecular flexibility index (Phi) is 9.37. The van der Waals surface area contributed by atoms with Crippen molar-refractivity contribution >= 4 is 23.3 Å². The predicted octanol–water partition coefficient (Wildman–Crippen LogP) is 4.89. The molecule has 1 aliphatic rings. The first-order chi connectivity index (χ1) is 11.0. The number of thioether (sulfide) groups is 1. The number of ketones is 1. The standard InChI is InChI=1S/C18H31NO3S/c1-5-8-15(19-22-9-6-2)18-16(20)11-14(12-17(18)21)10-13(4)23-7-3/h13-14,20H,5-12H2,1-4H3/b19-15+. The van der Waals surface area contributed by atoms with Crippen LogP contribution >= 0.6 is 11.8 Å².